The Kier molecular flexibility index (Phi) is 5.47. The van der Waals surface area contributed by atoms with Gasteiger partial charge in [0, 0.05) is 18.7 Å². The van der Waals surface area contributed by atoms with Gasteiger partial charge in [0.1, 0.15) is 0 Å². The zero-order valence-electron chi connectivity index (χ0n) is 13.0. The van der Waals surface area contributed by atoms with E-state index in [4.69, 9.17) is 11.6 Å². The van der Waals surface area contributed by atoms with Gasteiger partial charge in [-0.25, -0.2) is 0 Å². The smallest absolute Gasteiger partial charge is 0.233 e. The molecular weight excluding hydrogens is 320 g/mol. The number of amides is 1. The largest absolute Gasteiger partial charge is 0.353 e. The fraction of sp³-hybridized carbons (Fsp3) is 0.400. The Hall–Kier alpha value is -1.53. The van der Waals surface area contributed by atoms with Gasteiger partial charge in [-0.2, -0.15) is 0 Å². The molecule has 7 heteroatoms. The predicted molar refractivity (Wildman–Crippen MR) is 90.0 cm³/mol. The Balaban J connectivity index is 2.18. The number of nitrogens with zero attached hydrogens (tertiary/aromatic N) is 3. The van der Waals surface area contributed by atoms with E-state index in [9.17, 15) is 4.79 Å². The van der Waals surface area contributed by atoms with Gasteiger partial charge < -0.3 is 9.88 Å². The van der Waals surface area contributed by atoms with Gasteiger partial charge in [0.05, 0.1) is 10.3 Å². The highest BCUT2D eigenvalue weighted by Crippen LogP contribution is 2.29. The number of rotatable bonds is 5. The molecule has 0 aliphatic rings. The van der Waals surface area contributed by atoms with Gasteiger partial charge in [0.2, 0.25) is 5.91 Å². The molecule has 0 saturated heterocycles. The predicted octanol–water partition coefficient (Wildman–Crippen LogP) is 3.14. The molecule has 1 aromatic heterocycles. The van der Waals surface area contributed by atoms with Crippen LogP contribution in [0.2, 0.25) is 5.02 Å². The topological polar surface area (TPSA) is 59.8 Å². The summed E-state index contributed by atoms with van der Waals surface area (Å²) in [4.78, 5) is 12.0. The van der Waals surface area contributed by atoms with Crippen molar-refractivity contribution in [1.29, 1.82) is 0 Å². The fourth-order valence-electron chi connectivity index (χ4n) is 1.91. The summed E-state index contributed by atoms with van der Waals surface area (Å²) in [5, 5.41) is 12.3. The highest BCUT2D eigenvalue weighted by atomic mass is 35.5. The molecule has 2 rings (SSSR count). The fourth-order valence-corrected chi connectivity index (χ4v) is 2.95. The molecule has 0 saturated carbocycles. The van der Waals surface area contributed by atoms with Crippen LogP contribution >= 0.6 is 23.4 Å². The summed E-state index contributed by atoms with van der Waals surface area (Å²) in [6.07, 6.45) is 0. The molecule has 1 N–H and O–H groups in total. The molecule has 0 radical (unpaired) electrons. The lowest BCUT2D eigenvalue weighted by atomic mass is 10.2. The molecule has 118 valence electrons. The van der Waals surface area contributed by atoms with E-state index in [0.29, 0.717) is 16.0 Å². The van der Waals surface area contributed by atoms with Crippen molar-refractivity contribution in [2.24, 2.45) is 7.05 Å². The quantitative estimate of drug-likeness (QED) is 0.851. The van der Waals surface area contributed by atoms with Crippen molar-refractivity contribution >= 4 is 29.3 Å². The van der Waals surface area contributed by atoms with E-state index in [1.807, 2.05) is 56.7 Å². The lowest BCUT2D eigenvalue weighted by Gasteiger charge is -2.13. The number of halogens is 1. The van der Waals surface area contributed by atoms with Crippen LogP contribution in [0.3, 0.4) is 0 Å². The van der Waals surface area contributed by atoms with Crippen molar-refractivity contribution in [3.63, 3.8) is 0 Å². The molecule has 1 amide bonds. The standard InChI is InChI=1S/C15H19ClN4OS/c1-9(2)17-14(21)10(3)22-15-19-18-13(20(15)4)11-7-5-6-8-12(11)16/h5-10H,1-4H3,(H,17,21). The number of hydrogen-bond donors (Lipinski definition) is 1. The molecular formula is C15H19ClN4OS. The van der Waals surface area contributed by atoms with E-state index >= 15 is 0 Å². The monoisotopic (exact) mass is 338 g/mol. The van der Waals surface area contributed by atoms with E-state index in [1.54, 1.807) is 0 Å². The highest BCUT2D eigenvalue weighted by Gasteiger charge is 2.20. The van der Waals surface area contributed by atoms with Gasteiger partial charge in [-0.3, -0.25) is 4.79 Å². The van der Waals surface area contributed by atoms with Crippen LogP contribution in [0, 0.1) is 0 Å². The first-order valence-corrected chi connectivity index (χ1v) is 8.27. The Morgan fingerprint density at radius 3 is 2.59 bits per heavy atom. The van der Waals surface area contributed by atoms with Crippen LogP contribution in [0.15, 0.2) is 29.4 Å². The molecule has 1 unspecified atom stereocenters. The van der Waals surface area contributed by atoms with Crippen LogP contribution in [-0.2, 0) is 11.8 Å². The number of thioether (sulfide) groups is 1. The molecule has 22 heavy (non-hydrogen) atoms. The van der Waals surface area contributed by atoms with Crippen molar-refractivity contribution < 1.29 is 4.79 Å². The summed E-state index contributed by atoms with van der Waals surface area (Å²) in [6.45, 7) is 5.73. The molecule has 1 heterocycles. The highest BCUT2D eigenvalue weighted by molar-refractivity contribution is 8.00. The van der Waals surface area contributed by atoms with E-state index in [0.717, 1.165) is 5.56 Å². The minimum absolute atomic E-state index is 0.0118. The summed E-state index contributed by atoms with van der Waals surface area (Å²) in [6, 6.07) is 7.61. The SMILES string of the molecule is CC(C)NC(=O)C(C)Sc1nnc(-c2ccccc2Cl)n1C. The first kappa shape index (κ1) is 16.8. The lowest BCUT2D eigenvalue weighted by molar-refractivity contribution is -0.120. The minimum atomic E-state index is -0.246. The average Bonchev–Trinajstić information content (AvgIpc) is 2.80. The lowest BCUT2D eigenvalue weighted by Crippen LogP contribution is -2.36. The zero-order valence-corrected chi connectivity index (χ0v) is 14.6. The third kappa shape index (κ3) is 3.81. The zero-order chi connectivity index (χ0) is 16.3. The van der Waals surface area contributed by atoms with Crippen LogP contribution in [0.5, 0.6) is 0 Å². The van der Waals surface area contributed by atoms with Crippen LogP contribution in [-0.4, -0.2) is 32.0 Å². The molecule has 0 spiro atoms. The second-order valence-electron chi connectivity index (χ2n) is 5.27. The third-order valence-electron chi connectivity index (χ3n) is 3.03. The van der Waals surface area contributed by atoms with Gasteiger partial charge in [-0.1, -0.05) is 35.5 Å². The number of carbonyl (C=O) groups excluding carboxylic acids is 1. The maximum absolute atomic E-state index is 12.0. The van der Waals surface area contributed by atoms with E-state index in [1.165, 1.54) is 11.8 Å². The maximum atomic E-state index is 12.0. The summed E-state index contributed by atoms with van der Waals surface area (Å²) in [5.74, 6) is 0.673. The van der Waals surface area contributed by atoms with Crippen LogP contribution < -0.4 is 5.32 Å². The molecule has 1 atom stereocenters. The first-order valence-electron chi connectivity index (χ1n) is 7.01. The second kappa shape index (κ2) is 7.15. The Bertz CT molecular complexity index is 671. The molecule has 1 aromatic carbocycles. The van der Waals surface area contributed by atoms with Gasteiger partial charge in [-0.05, 0) is 32.9 Å². The normalized spacial score (nSPS) is 12.5. The van der Waals surface area contributed by atoms with E-state index in [-0.39, 0.29) is 17.2 Å². The van der Waals surface area contributed by atoms with Crippen molar-refractivity contribution in [2.75, 3.05) is 0 Å². The Morgan fingerprint density at radius 1 is 1.27 bits per heavy atom. The Morgan fingerprint density at radius 2 is 1.95 bits per heavy atom. The molecule has 0 aliphatic heterocycles. The summed E-state index contributed by atoms with van der Waals surface area (Å²) in [5.41, 5.74) is 0.824. The summed E-state index contributed by atoms with van der Waals surface area (Å²) in [7, 11) is 1.87. The summed E-state index contributed by atoms with van der Waals surface area (Å²) >= 11 is 7.58. The van der Waals surface area contributed by atoms with Crippen molar-refractivity contribution in [3.05, 3.63) is 29.3 Å². The number of nitrogens with one attached hydrogen (secondary N) is 1. The van der Waals surface area contributed by atoms with Gasteiger partial charge in [-0.15, -0.1) is 10.2 Å². The van der Waals surface area contributed by atoms with E-state index < -0.39 is 0 Å². The molecule has 2 aromatic rings. The molecule has 0 fully saturated rings. The summed E-state index contributed by atoms with van der Waals surface area (Å²) < 4.78 is 1.85. The van der Waals surface area contributed by atoms with Crippen molar-refractivity contribution in [1.82, 2.24) is 20.1 Å². The molecule has 0 bridgehead atoms. The Labute approximate surface area is 139 Å². The van der Waals surface area contributed by atoms with Crippen molar-refractivity contribution in [3.8, 4) is 11.4 Å². The third-order valence-corrected chi connectivity index (χ3v) is 4.50. The van der Waals surface area contributed by atoms with Crippen molar-refractivity contribution in [2.45, 2.75) is 37.2 Å². The van der Waals surface area contributed by atoms with Crippen LogP contribution in [0.4, 0.5) is 0 Å². The number of benzene rings is 1. The molecule has 0 aliphatic carbocycles. The van der Waals surface area contributed by atoms with Crippen LogP contribution in [0.1, 0.15) is 20.8 Å². The van der Waals surface area contributed by atoms with Gasteiger partial charge in [0.15, 0.2) is 11.0 Å². The van der Waals surface area contributed by atoms with E-state index in [2.05, 4.69) is 15.5 Å². The second-order valence-corrected chi connectivity index (χ2v) is 6.98. The average molecular weight is 339 g/mol. The first-order chi connectivity index (χ1) is 10.4. The number of hydrogen-bond acceptors (Lipinski definition) is 4. The minimum Gasteiger partial charge on any atom is -0.353 e. The molecule has 5 nitrogen and oxygen atoms in total. The maximum Gasteiger partial charge on any atom is 0.233 e. The number of carbonyl (C=O) groups is 1. The number of aromatic nitrogens is 3. The van der Waals surface area contributed by atoms with Gasteiger partial charge >= 0.3 is 0 Å². The van der Waals surface area contributed by atoms with Crippen LogP contribution in [0.25, 0.3) is 11.4 Å². The van der Waals surface area contributed by atoms with Gasteiger partial charge in [0.25, 0.3) is 0 Å².